The van der Waals surface area contributed by atoms with Crippen LogP contribution in [-0.2, 0) is 5.75 Å². The van der Waals surface area contributed by atoms with Crippen molar-refractivity contribution in [2.75, 3.05) is 5.75 Å². The van der Waals surface area contributed by atoms with Crippen LogP contribution in [-0.4, -0.2) is 5.75 Å². The van der Waals surface area contributed by atoms with Gasteiger partial charge in [-0.1, -0.05) is 72.7 Å². The highest BCUT2D eigenvalue weighted by Crippen LogP contribution is 2.30. The fraction of sp³-hybridized carbons (Fsp3) is 0.538. The van der Waals surface area contributed by atoms with Gasteiger partial charge in [-0.25, -0.2) is 0 Å². The monoisotopic (exact) mass is 240 g/mol. The molecule has 1 aromatic rings. The predicted octanol–water partition coefficient (Wildman–Crippen LogP) is 5.00. The molecular formula is C13H20S2. The van der Waals surface area contributed by atoms with Crippen molar-refractivity contribution in [2.45, 2.75) is 32.9 Å². The second kappa shape index (κ2) is 6.49. The van der Waals surface area contributed by atoms with Crippen LogP contribution < -0.4 is 0 Å². The van der Waals surface area contributed by atoms with Crippen molar-refractivity contribution in [3.63, 3.8) is 0 Å². The highest BCUT2D eigenvalue weighted by molar-refractivity contribution is 8.76. The van der Waals surface area contributed by atoms with Crippen LogP contribution in [0.4, 0.5) is 0 Å². The summed E-state index contributed by atoms with van der Waals surface area (Å²) in [6, 6.07) is 10.7. The topological polar surface area (TPSA) is 0 Å². The van der Waals surface area contributed by atoms with Gasteiger partial charge in [0.15, 0.2) is 0 Å². The van der Waals surface area contributed by atoms with Crippen LogP contribution in [0.3, 0.4) is 0 Å². The molecule has 0 unspecified atom stereocenters. The van der Waals surface area contributed by atoms with Crippen LogP contribution in [0.1, 0.15) is 32.8 Å². The standard InChI is InChI=1S/C13H20S2/c1-13(2,3)9-10-14-15-11-12-7-5-4-6-8-12/h4-8H,9-11H2,1-3H3. The first-order valence-electron chi connectivity index (χ1n) is 5.36. The Kier molecular flexibility index (Phi) is 5.62. The van der Waals surface area contributed by atoms with Crippen molar-refractivity contribution < 1.29 is 0 Å². The molecule has 0 atom stereocenters. The quantitative estimate of drug-likeness (QED) is 0.524. The number of rotatable bonds is 5. The molecule has 84 valence electrons. The lowest BCUT2D eigenvalue weighted by Crippen LogP contribution is -2.05. The van der Waals surface area contributed by atoms with Crippen LogP contribution in [0, 0.1) is 5.41 Å². The van der Waals surface area contributed by atoms with Crippen LogP contribution in [0.25, 0.3) is 0 Å². The summed E-state index contributed by atoms with van der Waals surface area (Å²) < 4.78 is 0. The SMILES string of the molecule is CC(C)(C)CCSSCc1ccccc1. The number of benzene rings is 1. The molecule has 0 saturated carbocycles. The highest BCUT2D eigenvalue weighted by atomic mass is 33.1. The first-order valence-corrected chi connectivity index (χ1v) is 7.85. The Morgan fingerprint density at radius 1 is 1.00 bits per heavy atom. The van der Waals surface area contributed by atoms with Crippen LogP contribution in [0.5, 0.6) is 0 Å². The summed E-state index contributed by atoms with van der Waals surface area (Å²) in [7, 11) is 3.96. The van der Waals surface area contributed by atoms with Crippen molar-refractivity contribution >= 4 is 21.6 Å². The van der Waals surface area contributed by atoms with E-state index in [-0.39, 0.29) is 0 Å². The Morgan fingerprint density at radius 3 is 2.27 bits per heavy atom. The fourth-order valence-corrected chi connectivity index (χ4v) is 3.58. The molecular weight excluding hydrogens is 220 g/mol. The lowest BCUT2D eigenvalue weighted by molar-refractivity contribution is 0.402. The van der Waals surface area contributed by atoms with Gasteiger partial charge in [0.05, 0.1) is 0 Å². The second-order valence-electron chi connectivity index (χ2n) is 4.88. The van der Waals surface area contributed by atoms with Gasteiger partial charge in [0.1, 0.15) is 0 Å². The van der Waals surface area contributed by atoms with Gasteiger partial charge < -0.3 is 0 Å². The average molecular weight is 240 g/mol. The maximum Gasteiger partial charge on any atom is 0.0288 e. The minimum absolute atomic E-state index is 0.473. The zero-order valence-electron chi connectivity index (χ0n) is 9.82. The lowest BCUT2D eigenvalue weighted by atomic mass is 9.94. The van der Waals surface area contributed by atoms with Crippen molar-refractivity contribution in [1.82, 2.24) is 0 Å². The van der Waals surface area contributed by atoms with Gasteiger partial charge in [-0.05, 0) is 17.4 Å². The van der Waals surface area contributed by atoms with Gasteiger partial charge in [0.25, 0.3) is 0 Å². The van der Waals surface area contributed by atoms with Gasteiger partial charge in [0.2, 0.25) is 0 Å². The predicted molar refractivity (Wildman–Crippen MR) is 74.3 cm³/mol. The zero-order valence-corrected chi connectivity index (χ0v) is 11.5. The maximum absolute atomic E-state index is 2.30. The van der Waals surface area contributed by atoms with E-state index in [2.05, 4.69) is 51.1 Å². The fourth-order valence-electron chi connectivity index (χ4n) is 1.09. The van der Waals surface area contributed by atoms with Gasteiger partial charge in [0, 0.05) is 11.5 Å². The average Bonchev–Trinajstić information content (AvgIpc) is 2.17. The van der Waals surface area contributed by atoms with E-state index in [0.717, 1.165) is 5.75 Å². The molecule has 0 aliphatic heterocycles. The van der Waals surface area contributed by atoms with Crippen LogP contribution in [0.15, 0.2) is 30.3 Å². The molecule has 0 spiro atoms. The smallest absolute Gasteiger partial charge is 0.0288 e. The largest absolute Gasteiger partial charge is 0.0938 e. The Balaban J connectivity index is 2.08. The third-order valence-corrected chi connectivity index (χ3v) is 4.43. The molecule has 0 aliphatic carbocycles. The summed E-state index contributed by atoms with van der Waals surface area (Å²) in [6.45, 7) is 6.90. The van der Waals surface area contributed by atoms with E-state index in [1.165, 1.54) is 17.7 Å². The highest BCUT2D eigenvalue weighted by Gasteiger charge is 2.09. The molecule has 2 heteroatoms. The molecule has 1 aromatic carbocycles. The van der Waals surface area contributed by atoms with E-state index in [1.54, 1.807) is 0 Å². The minimum atomic E-state index is 0.473. The van der Waals surface area contributed by atoms with E-state index in [9.17, 15) is 0 Å². The molecule has 0 amide bonds. The summed E-state index contributed by atoms with van der Waals surface area (Å²) in [5, 5.41) is 0. The first kappa shape index (κ1) is 13.0. The van der Waals surface area contributed by atoms with Crippen molar-refractivity contribution in [3.8, 4) is 0 Å². The summed E-state index contributed by atoms with van der Waals surface area (Å²) >= 11 is 0. The molecule has 1 rings (SSSR count). The second-order valence-corrected chi connectivity index (χ2v) is 7.46. The Morgan fingerprint density at radius 2 is 1.67 bits per heavy atom. The maximum atomic E-state index is 2.30. The number of hydrogen-bond acceptors (Lipinski definition) is 2. The van der Waals surface area contributed by atoms with Gasteiger partial charge in [-0.2, -0.15) is 0 Å². The van der Waals surface area contributed by atoms with E-state index in [1.807, 2.05) is 21.6 Å². The first-order chi connectivity index (χ1) is 7.08. The molecule has 0 fully saturated rings. The van der Waals surface area contributed by atoms with E-state index in [0.29, 0.717) is 5.41 Å². The number of hydrogen-bond donors (Lipinski definition) is 0. The normalized spacial score (nSPS) is 11.7. The van der Waals surface area contributed by atoms with E-state index >= 15 is 0 Å². The summed E-state index contributed by atoms with van der Waals surface area (Å²) in [5.41, 5.74) is 1.89. The summed E-state index contributed by atoms with van der Waals surface area (Å²) in [6.07, 6.45) is 1.29. The molecule has 0 aliphatic rings. The van der Waals surface area contributed by atoms with Crippen molar-refractivity contribution in [2.24, 2.45) is 5.41 Å². The third kappa shape index (κ3) is 6.91. The van der Waals surface area contributed by atoms with Gasteiger partial charge >= 0.3 is 0 Å². The molecule has 0 saturated heterocycles. The van der Waals surface area contributed by atoms with Gasteiger partial charge in [-0.15, -0.1) is 0 Å². The minimum Gasteiger partial charge on any atom is -0.0938 e. The molecule has 0 nitrogen and oxygen atoms in total. The molecule has 0 heterocycles. The van der Waals surface area contributed by atoms with E-state index in [4.69, 9.17) is 0 Å². The third-order valence-electron chi connectivity index (χ3n) is 2.09. The molecule has 0 radical (unpaired) electrons. The molecule has 15 heavy (non-hydrogen) atoms. The Labute approximate surface area is 102 Å². The molecule has 0 aromatic heterocycles. The summed E-state index contributed by atoms with van der Waals surface area (Å²) in [4.78, 5) is 0. The summed E-state index contributed by atoms with van der Waals surface area (Å²) in [5.74, 6) is 2.37. The van der Waals surface area contributed by atoms with Gasteiger partial charge in [-0.3, -0.25) is 0 Å². The van der Waals surface area contributed by atoms with Crippen LogP contribution >= 0.6 is 21.6 Å². The Bertz CT molecular complexity index is 262. The van der Waals surface area contributed by atoms with Crippen LogP contribution in [0.2, 0.25) is 0 Å². The molecule has 0 N–H and O–H groups in total. The van der Waals surface area contributed by atoms with E-state index < -0.39 is 0 Å². The molecule has 0 bridgehead atoms. The Hall–Kier alpha value is -0.0800. The van der Waals surface area contributed by atoms with Crippen molar-refractivity contribution in [3.05, 3.63) is 35.9 Å². The zero-order chi connectivity index (χ0) is 11.1. The lowest BCUT2D eigenvalue weighted by Gasteiger charge is -2.16. The van der Waals surface area contributed by atoms with Crippen molar-refractivity contribution in [1.29, 1.82) is 0 Å².